The average Bonchev–Trinajstić information content (AvgIpc) is 2.98. The molecule has 0 aliphatic rings. The Morgan fingerprint density at radius 1 is 0.955 bits per heavy atom. The molecule has 1 atom stereocenters. The summed E-state index contributed by atoms with van der Waals surface area (Å²) in [6.45, 7) is 5.43. The number of urea groups is 1. The van der Waals surface area contributed by atoms with Crippen molar-refractivity contribution in [1.82, 2.24) is 5.32 Å². The molecule has 0 aliphatic heterocycles. The van der Waals surface area contributed by atoms with Crippen LogP contribution in [0.15, 0.2) is 72.8 Å². The maximum atomic E-state index is 13.4. The van der Waals surface area contributed by atoms with E-state index in [4.69, 9.17) is 16.3 Å². The zero-order valence-corrected chi connectivity index (χ0v) is 28.3. The van der Waals surface area contributed by atoms with Crippen molar-refractivity contribution >= 4 is 90.2 Å². The Kier molecular flexibility index (Phi) is 15.0. The Labute approximate surface area is 295 Å². The van der Waals surface area contributed by atoms with Gasteiger partial charge in [0.05, 0.1) is 18.2 Å². The number of anilines is 3. The van der Waals surface area contributed by atoms with Crippen LogP contribution in [0.4, 0.5) is 21.9 Å². The van der Waals surface area contributed by atoms with Crippen molar-refractivity contribution in [2.75, 3.05) is 41.9 Å². The van der Waals surface area contributed by atoms with Crippen molar-refractivity contribution in [2.45, 2.75) is 33.1 Å². The minimum atomic E-state index is -0.976. The summed E-state index contributed by atoms with van der Waals surface area (Å²) in [7, 11) is 1.63. The number of benzene rings is 3. The van der Waals surface area contributed by atoms with Crippen molar-refractivity contribution in [3.63, 3.8) is 0 Å². The first-order chi connectivity index (χ1) is 20.5. The molecule has 232 valence electrons. The molecule has 3 aromatic carbocycles. The molecule has 10 nitrogen and oxygen atoms in total. The number of amides is 4. The number of hydrogen-bond donors (Lipinski definition) is 3. The van der Waals surface area contributed by atoms with Gasteiger partial charge in [0.1, 0.15) is 5.75 Å². The molecule has 0 saturated heterocycles. The number of para-hydroxylation sites is 2. The van der Waals surface area contributed by atoms with E-state index in [0.717, 1.165) is 0 Å². The normalized spacial score (nSPS) is 11.1. The average molecular weight is 651 g/mol. The van der Waals surface area contributed by atoms with Gasteiger partial charge in [-0.1, -0.05) is 55.8 Å². The number of rotatable bonds is 13. The fraction of sp³-hybridized carbons (Fsp3) is 0.312. The molecule has 0 heterocycles. The van der Waals surface area contributed by atoms with Crippen LogP contribution in [-0.4, -0.2) is 93.4 Å². The molecule has 0 spiro atoms. The van der Waals surface area contributed by atoms with Crippen LogP contribution >= 0.6 is 11.6 Å². The van der Waals surface area contributed by atoms with Crippen molar-refractivity contribution in [1.29, 1.82) is 0 Å². The van der Waals surface area contributed by atoms with Gasteiger partial charge in [0.15, 0.2) is 6.61 Å². The van der Waals surface area contributed by atoms with Crippen LogP contribution in [0.1, 0.15) is 41.5 Å². The minimum Gasteiger partial charge on any atom is -1.00 e. The van der Waals surface area contributed by atoms with Gasteiger partial charge < -0.3 is 33.1 Å². The number of carboxylic acids is 1. The van der Waals surface area contributed by atoms with Gasteiger partial charge in [-0.05, 0) is 67.3 Å². The molecule has 44 heavy (non-hydrogen) atoms. The number of nitrogens with zero attached hydrogens (tertiary/aromatic N) is 2. The summed E-state index contributed by atoms with van der Waals surface area (Å²) in [4.78, 5) is 53.2. The largest absolute Gasteiger partial charge is 2.00 e. The Hall–Kier alpha value is -3.31. The summed E-state index contributed by atoms with van der Waals surface area (Å²) in [6, 6.07) is 19.8. The maximum Gasteiger partial charge on any atom is 2.00 e. The number of carbonyl (C=O) groups excluding carboxylic acids is 3. The van der Waals surface area contributed by atoms with E-state index >= 15 is 0 Å². The van der Waals surface area contributed by atoms with E-state index in [-0.39, 0.29) is 65.6 Å². The zero-order valence-electron chi connectivity index (χ0n) is 27.4. The van der Waals surface area contributed by atoms with E-state index in [9.17, 15) is 24.3 Å². The minimum absolute atomic E-state index is 0. The van der Waals surface area contributed by atoms with Gasteiger partial charge >= 0.3 is 49.7 Å². The van der Waals surface area contributed by atoms with Gasteiger partial charge in [-0.2, -0.15) is 0 Å². The van der Waals surface area contributed by atoms with Gasteiger partial charge in [-0.15, -0.1) is 0 Å². The first kappa shape index (κ1) is 36.9. The number of likely N-dealkylation sites (N-methyl/N-ethyl adjacent to an activating group) is 1. The molecule has 4 amide bonds. The molecule has 0 radical (unpaired) electrons. The van der Waals surface area contributed by atoms with Gasteiger partial charge in [-0.3, -0.25) is 14.4 Å². The smallest absolute Gasteiger partial charge is 1.00 e. The van der Waals surface area contributed by atoms with Crippen LogP contribution in [0.25, 0.3) is 0 Å². The summed E-state index contributed by atoms with van der Waals surface area (Å²) in [5.74, 6) is -1.75. The van der Waals surface area contributed by atoms with Crippen LogP contribution < -0.4 is 25.2 Å². The number of halogens is 1. The maximum absolute atomic E-state index is 13.4. The Balaban J connectivity index is 0.00000675. The molecule has 3 aromatic rings. The van der Waals surface area contributed by atoms with Crippen molar-refractivity contribution in [3.05, 3.63) is 83.4 Å². The van der Waals surface area contributed by atoms with Gasteiger partial charge in [-0.25, -0.2) is 4.79 Å². The van der Waals surface area contributed by atoms with E-state index in [1.807, 2.05) is 13.8 Å². The Morgan fingerprint density at radius 2 is 1.66 bits per heavy atom. The van der Waals surface area contributed by atoms with E-state index < -0.39 is 17.9 Å². The van der Waals surface area contributed by atoms with E-state index in [0.29, 0.717) is 52.3 Å². The fourth-order valence-corrected chi connectivity index (χ4v) is 4.27. The predicted molar refractivity (Wildman–Crippen MR) is 176 cm³/mol. The molecule has 3 rings (SSSR count). The number of hydrogen-bond acceptors (Lipinski definition) is 5. The SMILES string of the molecule is CC(C)CCN(C(=O)CNC(=O)Nc1cccc(C(C)C(=O)O)c1)c1ccccc1OCC(=O)N(C)c1cccc(Cl)c1.[Ca+2].[H-].[H-]. The first-order valence-corrected chi connectivity index (χ1v) is 14.3. The molecule has 3 N–H and O–H groups in total. The summed E-state index contributed by atoms with van der Waals surface area (Å²) >= 11 is 6.06. The Morgan fingerprint density at radius 3 is 2.34 bits per heavy atom. The third-order valence-corrected chi connectivity index (χ3v) is 6.96. The third kappa shape index (κ3) is 11.0. The van der Waals surface area contributed by atoms with E-state index in [1.165, 1.54) is 9.80 Å². The number of carbonyl (C=O) groups is 4. The van der Waals surface area contributed by atoms with Crippen LogP contribution in [0.2, 0.25) is 5.02 Å². The molecule has 0 aromatic heterocycles. The second-order valence-corrected chi connectivity index (χ2v) is 10.8. The number of nitrogens with one attached hydrogen (secondary N) is 2. The van der Waals surface area contributed by atoms with Gasteiger partial charge in [0, 0.05) is 30.0 Å². The summed E-state index contributed by atoms with van der Waals surface area (Å²) in [5.41, 5.74) is 2.04. The molecular weight excluding hydrogens is 612 g/mol. The first-order valence-electron chi connectivity index (χ1n) is 13.9. The fourth-order valence-electron chi connectivity index (χ4n) is 4.09. The number of ether oxygens (including phenoxy) is 1. The van der Waals surface area contributed by atoms with Crippen LogP contribution in [0.3, 0.4) is 0 Å². The molecular formula is C32H39CaClN4O6. The second-order valence-electron chi connectivity index (χ2n) is 10.4. The molecule has 0 bridgehead atoms. The second kappa shape index (κ2) is 17.9. The van der Waals surface area contributed by atoms with E-state index in [1.54, 1.807) is 86.8 Å². The molecule has 0 saturated carbocycles. The quantitative estimate of drug-likeness (QED) is 0.206. The van der Waals surface area contributed by atoms with Crippen LogP contribution in [0.5, 0.6) is 5.75 Å². The summed E-state index contributed by atoms with van der Waals surface area (Å²) in [5, 5.41) is 15.0. The monoisotopic (exact) mass is 650 g/mol. The molecule has 12 heteroatoms. The van der Waals surface area contributed by atoms with Gasteiger partial charge in [0.25, 0.3) is 5.91 Å². The zero-order chi connectivity index (χ0) is 31.5. The van der Waals surface area contributed by atoms with Crippen LogP contribution in [-0.2, 0) is 14.4 Å². The summed E-state index contributed by atoms with van der Waals surface area (Å²) in [6.07, 6.45) is 0.692. The van der Waals surface area contributed by atoms with Gasteiger partial charge in [0.2, 0.25) is 5.91 Å². The standard InChI is InChI=1S/C32H37ClN4O6.Ca.2H/c1-21(2)15-16-37(29(38)19-34-32(42)35-25-11-7-9-23(17-25)22(3)31(40)41)27-13-5-6-14-28(27)43-20-30(39)36(4)26-12-8-10-24(33)18-26;;;/h5-14,17-18,21-22H,15-16,19-20H2,1-4H3,(H,40,41)(H2,34,35,42);;;/q;+2;2*-1. The number of carboxylic acid groups (broad SMARTS) is 1. The van der Waals surface area contributed by atoms with Crippen molar-refractivity contribution in [2.24, 2.45) is 5.92 Å². The van der Waals surface area contributed by atoms with Crippen LogP contribution in [0, 0.1) is 5.92 Å². The summed E-state index contributed by atoms with van der Waals surface area (Å²) < 4.78 is 5.90. The molecule has 1 unspecified atom stereocenters. The molecule has 0 fully saturated rings. The predicted octanol–water partition coefficient (Wildman–Crippen LogP) is 5.61. The molecule has 0 aliphatic carbocycles. The topological polar surface area (TPSA) is 128 Å². The third-order valence-electron chi connectivity index (χ3n) is 6.72. The van der Waals surface area contributed by atoms with Crippen molar-refractivity contribution < 1.29 is 31.9 Å². The van der Waals surface area contributed by atoms with Crippen molar-refractivity contribution in [3.8, 4) is 5.75 Å². The van der Waals surface area contributed by atoms with E-state index in [2.05, 4.69) is 10.6 Å². The number of aliphatic carboxylic acids is 1. The Bertz CT molecular complexity index is 1470.